The van der Waals surface area contributed by atoms with Gasteiger partial charge in [-0.05, 0) is 62.8 Å². The summed E-state index contributed by atoms with van der Waals surface area (Å²) >= 11 is 0. The molecule has 0 bridgehead atoms. The van der Waals surface area contributed by atoms with Gasteiger partial charge in [0, 0.05) is 25.6 Å². The summed E-state index contributed by atoms with van der Waals surface area (Å²) in [4.78, 5) is 27.1. The maximum Gasteiger partial charge on any atom is 0.325 e. The molecule has 172 valence electrons. The Morgan fingerprint density at radius 2 is 1.94 bits per heavy atom. The van der Waals surface area contributed by atoms with Crippen molar-refractivity contribution in [3.63, 3.8) is 0 Å². The van der Waals surface area contributed by atoms with E-state index in [9.17, 15) is 23.1 Å². The van der Waals surface area contributed by atoms with Gasteiger partial charge in [0.1, 0.15) is 6.04 Å². The summed E-state index contributed by atoms with van der Waals surface area (Å²) in [6.07, 6.45) is 2.75. The molecule has 3 rings (SSSR count). The molecule has 0 saturated carbocycles. The van der Waals surface area contributed by atoms with Crippen LogP contribution in [0.5, 0.6) is 0 Å². The number of nitrogens with zero attached hydrogens (tertiary/aromatic N) is 2. The number of β-amino-alcohol motifs (C(OH)–C–C–N with tert-alkyl or cyclic N) is 1. The highest BCUT2D eigenvalue weighted by atomic mass is 32.2. The maximum atomic E-state index is 13.2. The lowest BCUT2D eigenvalue weighted by molar-refractivity contribution is -0.156. The average molecular weight is 453 g/mol. The van der Waals surface area contributed by atoms with Crippen LogP contribution in [0.15, 0.2) is 23.1 Å². The van der Waals surface area contributed by atoms with E-state index < -0.39 is 34.7 Å². The first-order chi connectivity index (χ1) is 14.6. The molecule has 2 aliphatic rings. The number of aryl methyl sites for hydroxylation is 2. The summed E-state index contributed by atoms with van der Waals surface area (Å²) in [5.41, 5.74) is 1.77. The smallest absolute Gasteiger partial charge is 0.325 e. The highest BCUT2D eigenvalue weighted by molar-refractivity contribution is 7.89. The third-order valence-corrected chi connectivity index (χ3v) is 8.22. The standard InChI is InChI=1S/C22H32N2O6S/c1-4-17-7-5-6-10-23(17)21(26)14-30-22(27)20-12-18(25)13-24(20)31(28,29)19-9-8-15(2)16(3)11-19/h8-9,11,17-18,20,25H,4-7,10,12-14H2,1-3H3. The first kappa shape index (κ1) is 23.7. The molecule has 1 aromatic rings. The Morgan fingerprint density at radius 1 is 1.19 bits per heavy atom. The van der Waals surface area contributed by atoms with Crippen LogP contribution in [0.3, 0.4) is 0 Å². The summed E-state index contributed by atoms with van der Waals surface area (Å²) in [6.45, 7) is 5.76. The van der Waals surface area contributed by atoms with Gasteiger partial charge < -0.3 is 14.7 Å². The zero-order valence-electron chi connectivity index (χ0n) is 18.4. The fraction of sp³-hybridized carbons (Fsp3) is 0.636. The van der Waals surface area contributed by atoms with Crippen LogP contribution in [0.25, 0.3) is 0 Å². The van der Waals surface area contributed by atoms with Gasteiger partial charge in [0.05, 0.1) is 11.0 Å². The number of sulfonamides is 1. The number of benzene rings is 1. The molecule has 0 aliphatic carbocycles. The number of aliphatic hydroxyl groups excluding tert-OH is 1. The second kappa shape index (κ2) is 9.67. The second-order valence-corrected chi connectivity index (χ2v) is 10.4. The topological polar surface area (TPSA) is 104 Å². The summed E-state index contributed by atoms with van der Waals surface area (Å²) in [6, 6.07) is 3.76. The molecule has 9 heteroatoms. The Balaban J connectivity index is 1.70. The van der Waals surface area contributed by atoms with Crippen molar-refractivity contribution in [1.82, 2.24) is 9.21 Å². The van der Waals surface area contributed by atoms with Crippen molar-refractivity contribution in [2.24, 2.45) is 0 Å². The largest absolute Gasteiger partial charge is 0.454 e. The Labute approximate surface area is 184 Å². The van der Waals surface area contributed by atoms with Crippen molar-refractivity contribution in [2.45, 2.75) is 76.0 Å². The molecule has 0 spiro atoms. The zero-order chi connectivity index (χ0) is 22.8. The molecular formula is C22H32N2O6S. The van der Waals surface area contributed by atoms with E-state index in [2.05, 4.69) is 0 Å². The van der Waals surface area contributed by atoms with E-state index in [1.165, 1.54) is 6.07 Å². The average Bonchev–Trinajstić information content (AvgIpc) is 3.16. The molecule has 31 heavy (non-hydrogen) atoms. The Bertz CT molecular complexity index is 932. The van der Waals surface area contributed by atoms with Gasteiger partial charge >= 0.3 is 5.97 Å². The van der Waals surface area contributed by atoms with Gasteiger partial charge in [-0.25, -0.2) is 8.42 Å². The molecule has 8 nitrogen and oxygen atoms in total. The van der Waals surface area contributed by atoms with Crippen molar-refractivity contribution in [2.75, 3.05) is 19.7 Å². The highest BCUT2D eigenvalue weighted by Crippen LogP contribution is 2.28. The summed E-state index contributed by atoms with van der Waals surface area (Å²) in [7, 11) is -4.00. The predicted molar refractivity (Wildman–Crippen MR) is 115 cm³/mol. The number of hydrogen-bond acceptors (Lipinski definition) is 6. The van der Waals surface area contributed by atoms with Gasteiger partial charge in [0.25, 0.3) is 5.91 Å². The van der Waals surface area contributed by atoms with Gasteiger partial charge in [-0.15, -0.1) is 0 Å². The van der Waals surface area contributed by atoms with Crippen molar-refractivity contribution in [1.29, 1.82) is 0 Å². The van der Waals surface area contributed by atoms with E-state index in [-0.39, 0.29) is 29.8 Å². The van der Waals surface area contributed by atoms with Gasteiger partial charge in [0.15, 0.2) is 6.61 Å². The molecule has 2 saturated heterocycles. The van der Waals surface area contributed by atoms with E-state index in [0.717, 1.165) is 41.1 Å². The maximum absolute atomic E-state index is 13.2. The molecule has 0 radical (unpaired) electrons. The number of carbonyl (C=O) groups is 2. The third kappa shape index (κ3) is 5.10. The van der Waals surface area contributed by atoms with Crippen molar-refractivity contribution >= 4 is 21.9 Å². The van der Waals surface area contributed by atoms with Crippen LogP contribution in [0.2, 0.25) is 0 Å². The van der Waals surface area contributed by atoms with E-state index >= 15 is 0 Å². The molecule has 1 amide bonds. The van der Waals surface area contributed by atoms with E-state index in [1.54, 1.807) is 17.0 Å². The fourth-order valence-corrected chi connectivity index (χ4v) is 6.05. The number of aliphatic hydroxyl groups is 1. The Hall–Kier alpha value is -1.97. The molecule has 3 atom stereocenters. The summed E-state index contributed by atoms with van der Waals surface area (Å²) in [5, 5.41) is 10.1. The van der Waals surface area contributed by atoms with Crippen molar-refractivity contribution in [3.05, 3.63) is 29.3 Å². The minimum Gasteiger partial charge on any atom is -0.454 e. The molecule has 1 aromatic carbocycles. The number of ether oxygens (including phenoxy) is 1. The number of amides is 1. The number of hydrogen-bond donors (Lipinski definition) is 1. The molecule has 2 heterocycles. The highest BCUT2D eigenvalue weighted by Gasteiger charge is 2.44. The monoisotopic (exact) mass is 452 g/mol. The summed E-state index contributed by atoms with van der Waals surface area (Å²) in [5.74, 6) is -1.07. The zero-order valence-corrected chi connectivity index (χ0v) is 19.2. The van der Waals surface area contributed by atoms with Gasteiger partial charge in [0.2, 0.25) is 10.0 Å². The van der Waals surface area contributed by atoms with Crippen LogP contribution >= 0.6 is 0 Å². The minimum atomic E-state index is -4.00. The Morgan fingerprint density at radius 3 is 2.61 bits per heavy atom. The third-order valence-electron chi connectivity index (χ3n) is 6.35. The van der Waals surface area contributed by atoms with Crippen LogP contribution in [-0.2, 0) is 24.3 Å². The Kier molecular flexibility index (Phi) is 7.39. The van der Waals surface area contributed by atoms with E-state index in [4.69, 9.17) is 4.74 Å². The van der Waals surface area contributed by atoms with Gasteiger partial charge in [-0.1, -0.05) is 13.0 Å². The van der Waals surface area contributed by atoms with Crippen LogP contribution in [0.1, 0.15) is 50.2 Å². The predicted octanol–water partition coefficient (Wildman–Crippen LogP) is 1.76. The quantitative estimate of drug-likeness (QED) is 0.660. The first-order valence-corrected chi connectivity index (χ1v) is 12.3. The first-order valence-electron chi connectivity index (χ1n) is 10.9. The number of likely N-dealkylation sites (tertiary alicyclic amines) is 1. The van der Waals surface area contributed by atoms with E-state index in [0.29, 0.717) is 6.54 Å². The summed E-state index contributed by atoms with van der Waals surface area (Å²) < 4.78 is 32.5. The molecule has 0 aromatic heterocycles. The lowest BCUT2D eigenvalue weighted by Crippen LogP contribution is -2.46. The van der Waals surface area contributed by atoms with Crippen molar-refractivity contribution in [3.8, 4) is 0 Å². The number of esters is 1. The minimum absolute atomic E-state index is 0.0571. The fourth-order valence-electron chi connectivity index (χ4n) is 4.34. The second-order valence-electron chi connectivity index (χ2n) is 8.48. The van der Waals surface area contributed by atoms with Crippen LogP contribution in [-0.4, -0.2) is 72.5 Å². The van der Waals surface area contributed by atoms with Crippen LogP contribution in [0, 0.1) is 13.8 Å². The number of carbonyl (C=O) groups excluding carboxylic acids is 2. The van der Waals surface area contributed by atoms with Crippen molar-refractivity contribution < 1.29 is 27.9 Å². The van der Waals surface area contributed by atoms with Gasteiger partial charge in [-0.2, -0.15) is 4.31 Å². The molecule has 1 N–H and O–H groups in total. The normalized spacial score (nSPS) is 24.9. The molecule has 2 fully saturated rings. The number of rotatable bonds is 6. The number of piperidine rings is 1. The van der Waals surface area contributed by atoms with Crippen LogP contribution in [0.4, 0.5) is 0 Å². The van der Waals surface area contributed by atoms with E-state index in [1.807, 2.05) is 20.8 Å². The van der Waals surface area contributed by atoms with Gasteiger partial charge in [-0.3, -0.25) is 9.59 Å². The lowest BCUT2D eigenvalue weighted by atomic mass is 10.00. The SMILES string of the molecule is CCC1CCCCN1C(=O)COC(=O)C1CC(O)CN1S(=O)(=O)c1ccc(C)c(C)c1. The molecule has 3 unspecified atom stereocenters. The van der Waals surface area contributed by atoms with Crippen LogP contribution < -0.4 is 0 Å². The molecule has 2 aliphatic heterocycles. The molecular weight excluding hydrogens is 420 g/mol. The lowest BCUT2D eigenvalue weighted by Gasteiger charge is -2.35.